The molecule has 1 aromatic heterocycles. The third-order valence-corrected chi connectivity index (χ3v) is 2.19. The van der Waals surface area contributed by atoms with Gasteiger partial charge in [0.15, 0.2) is 0 Å². The molecule has 0 saturated carbocycles. The van der Waals surface area contributed by atoms with Crippen molar-refractivity contribution in [3.63, 3.8) is 0 Å². The van der Waals surface area contributed by atoms with Crippen molar-refractivity contribution in [1.82, 2.24) is 10.3 Å². The SMILES string of the molecule is O=C(NCCCO)c1cc(Cl)ncc1Cl. The maximum absolute atomic E-state index is 11.5. The second-order valence-corrected chi connectivity index (χ2v) is 3.61. The maximum Gasteiger partial charge on any atom is 0.252 e. The van der Waals surface area contributed by atoms with Crippen LogP contribution in [-0.4, -0.2) is 29.1 Å². The molecule has 15 heavy (non-hydrogen) atoms. The predicted octanol–water partition coefficient (Wildman–Crippen LogP) is 1.50. The smallest absolute Gasteiger partial charge is 0.252 e. The van der Waals surface area contributed by atoms with E-state index in [0.29, 0.717) is 13.0 Å². The van der Waals surface area contributed by atoms with Crippen molar-refractivity contribution < 1.29 is 9.90 Å². The molecule has 1 aromatic rings. The zero-order valence-corrected chi connectivity index (χ0v) is 9.35. The molecule has 2 N–H and O–H groups in total. The van der Waals surface area contributed by atoms with E-state index in [4.69, 9.17) is 28.3 Å². The first-order chi connectivity index (χ1) is 7.15. The van der Waals surface area contributed by atoms with Crippen LogP contribution in [-0.2, 0) is 0 Å². The van der Waals surface area contributed by atoms with Crippen molar-refractivity contribution in [3.05, 3.63) is 28.0 Å². The van der Waals surface area contributed by atoms with Crippen LogP contribution in [0.5, 0.6) is 0 Å². The lowest BCUT2D eigenvalue weighted by molar-refractivity contribution is 0.0951. The Labute approximate surface area is 97.2 Å². The van der Waals surface area contributed by atoms with Crippen LogP contribution in [0.3, 0.4) is 0 Å². The summed E-state index contributed by atoms with van der Waals surface area (Å²) in [6, 6.07) is 1.40. The molecular weight excluding hydrogens is 239 g/mol. The van der Waals surface area contributed by atoms with Crippen LogP contribution in [0.2, 0.25) is 10.2 Å². The summed E-state index contributed by atoms with van der Waals surface area (Å²) in [5.41, 5.74) is 0.287. The highest BCUT2D eigenvalue weighted by atomic mass is 35.5. The maximum atomic E-state index is 11.5. The summed E-state index contributed by atoms with van der Waals surface area (Å²) in [4.78, 5) is 15.3. The average molecular weight is 249 g/mol. The van der Waals surface area contributed by atoms with Crippen LogP contribution in [0.15, 0.2) is 12.3 Å². The number of nitrogens with zero attached hydrogens (tertiary/aromatic N) is 1. The van der Waals surface area contributed by atoms with Gasteiger partial charge in [-0.25, -0.2) is 4.98 Å². The molecule has 0 spiro atoms. The highest BCUT2D eigenvalue weighted by molar-refractivity contribution is 6.35. The van der Waals surface area contributed by atoms with E-state index in [-0.39, 0.29) is 28.3 Å². The molecule has 0 aliphatic carbocycles. The number of amides is 1. The van der Waals surface area contributed by atoms with E-state index in [0.717, 1.165) is 0 Å². The molecule has 1 amide bonds. The van der Waals surface area contributed by atoms with Gasteiger partial charge in [0.25, 0.3) is 5.91 Å². The number of aliphatic hydroxyl groups excluding tert-OH is 1. The van der Waals surface area contributed by atoms with Gasteiger partial charge >= 0.3 is 0 Å². The lowest BCUT2D eigenvalue weighted by Gasteiger charge is -2.05. The third-order valence-electron chi connectivity index (χ3n) is 1.69. The molecule has 6 heteroatoms. The molecule has 0 aliphatic rings. The number of hydrogen-bond acceptors (Lipinski definition) is 3. The van der Waals surface area contributed by atoms with Crippen molar-refractivity contribution in [2.75, 3.05) is 13.2 Å². The van der Waals surface area contributed by atoms with Crippen LogP contribution >= 0.6 is 23.2 Å². The van der Waals surface area contributed by atoms with E-state index < -0.39 is 0 Å². The van der Waals surface area contributed by atoms with E-state index in [2.05, 4.69) is 10.3 Å². The number of pyridine rings is 1. The molecule has 0 saturated heterocycles. The first-order valence-electron chi connectivity index (χ1n) is 4.35. The second kappa shape index (κ2) is 5.90. The minimum absolute atomic E-state index is 0.0329. The van der Waals surface area contributed by atoms with Gasteiger partial charge in [0.2, 0.25) is 0 Å². The van der Waals surface area contributed by atoms with E-state index in [1.165, 1.54) is 12.3 Å². The minimum atomic E-state index is -0.322. The van der Waals surface area contributed by atoms with E-state index in [9.17, 15) is 4.79 Å². The van der Waals surface area contributed by atoms with Crippen LogP contribution in [0.1, 0.15) is 16.8 Å². The molecular formula is C9H10Cl2N2O2. The van der Waals surface area contributed by atoms with Gasteiger partial charge < -0.3 is 10.4 Å². The molecule has 0 radical (unpaired) electrons. The van der Waals surface area contributed by atoms with Crippen molar-refractivity contribution in [2.45, 2.75) is 6.42 Å². The standard InChI is InChI=1S/C9H10Cl2N2O2/c10-7-5-13-8(11)4-6(7)9(15)12-2-1-3-14/h4-5,14H,1-3H2,(H,12,15). The van der Waals surface area contributed by atoms with Gasteiger partial charge in [0.05, 0.1) is 10.6 Å². The number of carbonyl (C=O) groups is 1. The summed E-state index contributed by atoms with van der Waals surface area (Å²) >= 11 is 11.4. The topological polar surface area (TPSA) is 62.2 Å². The van der Waals surface area contributed by atoms with Crippen molar-refractivity contribution in [1.29, 1.82) is 0 Å². The number of aromatic nitrogens is 1. The van der Waals surface area contributed by atoms with Crippen molar-refractivity contribution >= 4 is 29.1 Å². The van der Waals surface area contributed by atoms with Gasteiger partial charge in [-0.05, 0) is 12.5 Å². The fraction of sp³-hybridized carbons (Fsp3) is 0.333. The van der Waals surface area contributed by atoms with E-state index in [1.54, 1.807) is 0 Å². The highest BCUT2D eigenvalue weighted by Crippen LogP contribution is 2.17. The van der Waals surface area contributed by atoms with Gasteiger partial charge in [0, 0.05) is 19.3 Å². The van der Waals surface area contributed by atoms with Gasteiger partial charge in [-0.15, -0.1) is 0 Å². The summed E-state index contributed by atoms with van der Waals surface area (Å²) in [6.07, 6.45) is 1.83. The molecule has 0 aliphatic heterocycles. The summed E-state index contributed by atoms with van der Waals surface area (Å²) in [6.45, 7) is 0.427. The van der Waals surface area contributed by atoms with Crippen LogP contribution < -0.4 is 5.32 Å². The molecule has 4 nitrogen and oxygen atoms in total. The summed E-state index contributed by atoms with van der Waals surface area (Å²) in [5, 5.41) is 11.6. The molecule has 0 atom stereocenters. The largest absolute Gasteiger partial charge is 0.396 e. The molecule has 0 unspecified atom stereocenters. The summed E-state index contributed by atoms with van der Waals surface area (Å²) in [7, 11) is 0. The Bertz CT molecular complexity index is 358. The molecule has 0 bridgehead atoms. The zero-order chi connectivity index (χ0) is 11.3. The van der Waals surface area contributed by atoms with E-state index in [1.807, 2.05) is 0 Å². The number of rotatable bonds is 4. The second-order valence-electron chi connectivity index (χ2n) is 2.82. The minimum Gasteiger partial charge on any atom is -0.396 e. The Morgan fingerprint density at radius 3 is 2.93 bits per heavy atom. The molecule has 82 valence electrons. The van der Waals surface area contributed by atoms with Crippen LogP contribution in [0.4, 0.5) is 0 Å². The van der Waals surface area contributed by atoms with Crippen LogP contribution in [0, 0.1) is 0 Å². The molecule has 1 heterocycles. The number of hydrogen-bond donors (Lipinski definition) is 2. The Morgan fingerprint density at radius 1 is 1.53 bits per heavy atom. The molecule has 0 aromatic carbocycles. The number of carbonyl (C=O) groups excluding carboxylic acids is 1. The number of nitrogens with one attached hydrogen (secondary N) is 1. The lowest BCUT2D eigenvalue weighted by Crippen LogP contribution is -2.25. The first kappa shape index (κ1) is 12.2. The Kier molecular flexibility index (Phi) is 4.81. The Balaban J connectivity index is 2.68. The normalized spacial score (nSPS) is 10.1. The van der Waals surface area contributed by atoms with Crippen LogP contribution in [0.25, 0.3) is 0 Å². The average Bonchev–Trinajstić information content (AvgIpc) is 2.22. The van der Waals surface area contributed by atoms with Gasteiger partial charge in [-0.2, -0.15) is 0 Å². The quantitative estimate of drug-likeness (QED) is 0.627. The van der Waals surface area contributed by atoms with Gasteiger partial charge in [-0.1, -0.05) is 23.2 Å². The Morgan fingerprint density at radius 2 is 2.27 bits per heavy atom. The van der Waals surface area contributed by atoms with E-state index >= 15 is 0 Å². The third kappa shape index (κ3) is 3.66. The monoisotopic (exact) mass is 248 g/mol. The summed E-state index contributed by atoms with van der Waals surface area (Å²) < 4.78 is 0. The number of aliphatic hydroxyl groups is 1. The molecule has 0 fully saturated rings. The van der Waals surface area contributed by atoms with Gasteiger partial charge in [-0.3, -0.25) is 4.79 Å². The molecule has 1 rings (SSSR count). The highest BCUT2D eigenvalue weighted by Gasteiger charge is 2.10. The fourth-order valence-corrected chi connectivity index (χ4v) is 1.31. The number of halogens is 2. The fourth-order valence-electron chi connectivity index (χ4n) is 0.963. The lowest BCUT2D eigenvalue weighted by atomic mass is 10.2. The van der Waals surface area contributed by atoms with Crippen molar-refractivity contribution in [2.24, 2.45) is 0 Å². The van der Waals surface area contributed by atoms with Crippen molar-refractivity contribution in [3.8, 4) is 0 Å². The predicted molar refractivity (Wildman–Crippen MR) is 58.3 cm³/mol. The zero-order valence-electron chi connectivity index (χ0n) is 7.83. The Hall–Kier alpha value is -0.840. The first-order valence-corrected chi connectivity index (χ1v) is 5.11. The summed E-state index contributed by atoms with van der Waals surface area (Å²) in [5.74, 6) is -0.322. The van der Waals surface area contributed by atoms with Gasteiger partial charge in [0.1, 0.15) is 5.15 Å².